The third-order valence-electron chi connectivity index (χ3n) is 4.12. The predicted molar refractivity (Wildman–Crippen MR) is 85.5 cm³/mol. The van der Waals surface area contributed by atoms with Crippen LogP contribution in [0.4, 0.5) is 0 Å². The monoisotopic (exact) mass is 331 g/mol. The van der Waals surface area contributed by atoms with Gasteiger partial charge in [0, 0.05) is 0 Å². The molecule has 1 atom stereocenters. The van der Waals surface area contributed by atoms with E-state index in [0.717, 1.165) is 24.0 Å². The second-order valence-electron chi connectivity index (χ2n) is 5.61. The Morgan fingerprint density at radius 3 is 2.88 bits per heavy atom. The zero-order valence-corrected chi connectivity index (χ0v) is 13.0. The lowest BCUT2D eigenvalue weighted by atomic mass is 9.87. The summed E-state index contributed by atoms with van der Waals surface area (Å²) in [5, 5.41) is 12.5. The normalized spacial score (nSPS) is 16.3. The number of carbonyl (C=O) groups is 1. The second-order valence-corrected chi connectivity index (χ2v) is 5.61. The molecule has 1 aliphatic rings. The fourth-order valence-electron chi connectivity index (χ4n) is 2.93. The van der Waals surface area contributed by atoms with Crippen molar-refractivity contribution in [2.24, 2.45) is 0 Å². The van der Waals surface area contributed by atoms with Crippen LogP contribution in [0.15, 0.2) is 27.8 Å². The van der Waals surface area contributed by atoms with E-state index in [0.29, 0.717) is 12.2 Å². The van der Waals surface area contributed by atoms with Gasteiger partial charge in [-0.05, 0) is 42.5 Å². The fourth-order valence-corrected chi connectivity index (χ4v) is 2.93. The number of nitrogens with one attached hydrogen (secondary N) is 3. The predicted octanol–water partition coefficient (Wildman–Crippen LogP) is 0.585. The smallest absolute Gasteiger partial charge is 0.326 e. The molecule has 0 aliphatic heterocycles. The lowest BCUT2D eigenvalue weighted by Gasteiger charge is -2.26. The topological polar surface area (TPSA) is 124 Å². The number of ether oxygens (including phenoxy) is 1. The van der Waals surface area contributed by atoms with E-state index in [1.807, 2.05) is 23.2 Å². The maximum Gasteiger partial charge on any atom is 0.326 e. The highest BCUT2D eigenvalue weighted by Gasteiger charge is 2.25. The molecule has 8 heteroatoms. The van der Waals surface area contributed by atoms with Crippen molar-refractivity contribution >= 4 is 5.91 Å². The van der Waals surface area contributed by atoms with Gasteiger partial charge in [-0.25, -0.2) is 4.79 Å². The average molecular weight is 331 g/mol. The molecule has 0 fully saturated rings. The van der Waals surface area contributed by atoms with E-state index in [1.54, 1.807) is 7.11 Å². The Balaban J connectivity index is 1.92. The summed E-state index contributed by atoms with van der Waals surface area (Å²) in [5.74, 6) is -0.840. The van der Waals surface area contributed by atoms with Gasteiger partial charge in [-0.15, -0.1) is 0 Å². The summed E-state index contributed by atoms with van der Waals surface area (Å²) in [6.45, 7) is 0. The second kappa shape index (κ2) is 6.23. The lowest BCUT2D eigenvalue weighted by molar-refractivity contribution is 0.0923. The van der Waals surface area contributed by atoms with Crippen LogP contribution >= 0.6 is 0 Å². The molecule has 0 spiro atoms. The summed E-state index contributed by atoms with van der Waals surface area (Å²) in [7, 11) is 1.57. The van der Waals surface area contributed by atoms with Crippen LogP contribution in [-0.4, -0.2) is 28.1 Å². The number of aromatic hydroxyl groups is 1. The first-order valence-electron chi connectivity index (χ1n) is 7.53. The van der Waals surface area contributed by atoms with Gasteiger partial charge in [0.1, 0.15) is 5.75 Å². The fraction of sp³-hybridized carbons (Fsp3) is 0.312. The number of carbonyl (C=O) groups excluding carboxylic acids is 1. The van der Waals surface area contributed by atoms with Gasteiger partial charge in [0.15, 0.2) is 5.69 Å². The van der Waals surface area contributed by atoms with E-state index in [2.05, 4.69) is 10.3 Å². The molecule has 0 radical (unpaired) electrons. The van der Waals surface area contributed by atoms with Crippen molar-refractivity contribution in [3.05, 3.63) is 55.9 Å². The van der Waals surface area contributed by atoms with Crippen molar-refractivity contribution in [3.8, 4) is 11.5 Å². The SMILES string of the molecule is COc1ccc2c(c1)C(NC(=O)c1[nH]c(=O)[nH]c(=O)c1O)CCC2. The van der Waals surface area contributed by atoms with Crippen LogP contribution in [-0.2, 0) is 6.42 Å². The van der Waals surface area contributed by atoms with Gasteiger partial charge in [0.2, 0.25) is 5.75 Å². The van der Waals surface area contributed by atoms with Crippen molar-refractivity contribution in [2.45, 2.75) is 25.3 Å². The summed E-state index contributed by atoms with van der Waals surface area (Å²) in [5.41, 5.74) is -0.265. The van der Waals surface area contributed by atoms with E-state index in [4.69, 9.17) is 4.74 Å². The minimum Gasteiger partial charge on any atom is -0.501 e. The molecule has 3 rings (SSSR count). The van der Waals surface area contributed by atoms with Gasteiger partial charge in [0.05, 0.1) is 13.2 Å². The Labute approximate surface area is 136 Å². The third kappa shape index (κ3) is 2.90. The number of amides is 1. The van der Waals surface area contributed by atoms with Crippen LogP contribution in [0, 0.1) is 0 Å². The summed E-state index contributed by atoms with van der Waals surface area (Å²) in [4.78, 5) is 39.1. The van der Waals surface area contributed by atoms with E-state index >= 15 is 0 Å². The molecule has 1 aliphatic carbocycles. The minimum atomic E-state index is -1.00. The molecule has 1 heterocycles. The van der Waals surface area contributed by atoms with Gasteiger partial charge in [-0.3, -0.25) is 19.6 Å². The number of H-pyrrole nitrogens is 2. The van der Waals surface area contributed by atoms with Gasteiger partial charge >= 0.3 is 5.69 Å². The molecule has 4 N–H and O–H groups in total. The Bertz CT molecular complexity index is 899. The lowest BCUT2D eigenvalue weighted by Crippen LogP contribution is -2.35. The van der Waals surface area contributed by atoms with Crippen molar-refractivity contribution in [2.75, 3.05) is 7.11 Å². The summed E-state index contributed by atoms with van der Waals surface area (Å²) >= 11 is 0. The van der Waals surface area contributed by atoms with Crippen molar-refractivity contribution in [1.29, 1.82) is 0 Å². The number of aromatic nitrogens is 2. The molecule has 0 bridgehead atoms. The average Bonchev–Trinajstić information content (AvgIpc) is 2.57. The molecule has 0 saturated carbocycles. The highest BCUT2D eigenvalue weighted by atomic mass is 16.5. The molecular formula is C16H17N3O5. The Morgan fingerprint density at radius 1 is 1.33 bits per heavy atom. The highest BCUT2D eigenvalue weighted by molar-refractivity contribution is 5.94. The maximum atomic E-state index is 12.4. The molecule has 1 aromatic heterocycles. The number of methoxy groups -OCH3 is 1. The number of fused-ring (bicyclic) bond motifs is 1. The number of hydrogen-bond donors (Lipinski definition) is 4. The quantitative estimate of drug-likeness (QED) is 0.655. The first kappa shape index (κ1) is 15.9. The van der Waals surface area contributed by atoms with E-state index in [9.17, 15) is 19.5 Å². The van der Waals surface area contributed by atoms with Crippen LogP contribution in [0.25, 0.3) is 0 Å². The zero-order valence-electron chi connectivity index (χ0n) is 13.0. The van der Waals surface area contributed by atoms with E-state index in [1.165, 1.54) is 0 Å². The molecule has 8 nitrogen and oxygen atoms in total. The van der Waals surface area contributed by atoms with Crippen LogP contribution in [0.1, 0.15) is 40.5 Å². The van der Waals surface area contributed by atoms with E-state index in [-0.39, 0.29) is 6.04 Å². The highest BCUT2D eigenvalue weighted by Crippen LogP contribution is 2.32. The van der Waals surface area contributed by atoms with Crippen LogP contribution in [0.2, 0.25) is 0 Å². The molecule has 24 heavy (non-hydrogen) atoms. The summed E-state index contributed by atoms with van der Waals surface area (Å²) in [6.07, 6.45) is 2.50. The standard InChI is InChI=1S/C16H17N3O5/c1-24-9-6-5-8-3-2-4-11(10(8)7-9)17-14(21)12-13(20)15(22)19-16(23)18-12/h5-7,11,20H,2-4H2,1H3,(H,17,21)(H2,18,19,22,23). The zero-order chi connectivity index (χ0) is 17.3. The van der Waals surface area contributed by atoms with Crippen molar-refractivity contribution in [1.82, 2.24) is 15.3 Å². The Hall–Kier alpha value is -3.03. The number of aromatic amines is 2. The van der Waals surface area contributed by atoms with Crippen LogP contribution < -0.4 is 21.3 Å². The maximum absolute atomic E-state index is 12.4. The minimum absolute atomic E-state index is 0.293. The van der Waals surface area contributed by atoms with Gasteiger partial charge in [-0.2, -0.15) is 0 Å². The van der Waals surface area contributed by atoms with Crippen molar-refractivity contribution < 1.29 is 14.6 Å². The Morgan fingerprint density at radius 2 is 2.12 bits per heavy atom. The molecule has 1 aromatic carbocycles. The first-order chi connectivity index (χ1) is 11.5. The Kier molecular flexibility index (Phi) is 4.11. The molecule has 2 aromatic rings. The number of hydrogen-bond acceptors (Lipinski definition) is 5. The summed E-state index contributed by atoms with van der Waals surface area (Å²) < 4.78 is 5.22. The van der Waals surface area contributed by atoms with E-state index < -0.39 is 28.6 Å². The van der Waals surface area contributed by atoms with Crippen molar-refractivity contribution in [3.63, 3.8) is 0 Å². The third-order valence-corrected chi connectivity index (χ3v) is 4.12. The number of benzene rings is 1. The molecule has 126 valence electrons. The van der Waals surface area contributed by atoms with Crippen LogP contribution in [0.3, 0.4) is 0 Å². The van der Waals surface area contributed by atoms with Crippen LogP contribution in [0.5, 0.6) is 11.5 Å². The molecule has 1 unspecified atom stereocenters. The molecule has 0 saturated heterocycles. The van der Waals surface area contributed by atoms with Gasteiger partial charge in [-0.1, -0.05) is 6.07 Å². The largest absolute Gasteiger partial charge is 0.501 e. The number of aryl methyl sites for hydroxylation is 1. The first-order valence-corrected chi connectivity index (χ1v) is 7.53. The number of rotatable bonds is 3. The molecular weight excluding hydrogens is 314 g/mol. The van der Waals surface area contributed by atoms with Gasteiger partial charge < -0.3 is 15.2 Å². The van der Waals surface area contributed by atoms with Gasteiger partial charge in [0.25, 0.3) is 11.5 Å². The molecule has 1 amide bonds. The summed E-state index contributed by atoms with van der Waals surface area (Å²) in [6, 6.07) is 5.39.